The average molecular weight is 613 g/mol. The molecule has 2 saturated carbocycles. The Morgan fingerprint density at radius 2 is 1.68 bits per heavy atom. The number of esters is 2. The van der Waals surface area contributed by atoms with E-state index in [9.17, 15) is 19.2 Å². The molecular formula is C32H36O12. The van der Waals surface area contributed by atoms with Crippen LogP contribution in [0.5, 0.6) is 0 Å². The summed E-state index contributed by atoms with van der Waals surface area (Å²) in [6.45, 7) is 7.68. The molecule has 3 aliphatic carbocycles. The quantitative estimate of drug-likeness (QED) is 0.355. The minimum atomic E-state index is -2.02. The lowest BCUT2D eigenvalue weighted by Crippen LogP contribution is -2.83. The van der Waals surface area contributed by atoms with E-state index in [-0.39, 0.29) is 29.7 Å². The van der Waals surface area contributed by atoms with Crippen molar-refractivity contribution >= 4 is 29.7 Å². The first-order chi connectivity index (χ1) is 20.7. The molecule has 236 valence electrons. The van der Waals surface area contributed by atoms with Crippen molar-refractivity contribution < 1.29 is 57.1 Å². The van der Waals surface area contributed by atoms with E-state index in [0.717, 1.165) is 0 Å². The van der Waals surface area contributed by atoms with Gasteiger partial charge in [0.05, 0.1) is 29.6 Å². The van der Waals surface area contributed by atoms with Gasteiger partial charge in [0.1, 0.15) is 12.2 Å². The van der Waals surface area contributed by atoms with Gasteiger partial charge in [0.25, 0.3) is 0 Å². The summed E-state index contributed by atoms with van der Waals surface area (Å²) < 4.78 is 42.0. The maximum Gasteiger partial charge on any atom is 0.510 e. The Morgan fingerprint density at radius 3 is 2.25 bits per heavy atom. The number of benzene rings is 1. The molecule has 2 heterocycles. The second-order valence-corrected chi connectivity index (χ2v) is 12.9. The van der Waals surface area contributed by atoms with Crippen molar-refractivity contribution in [3.05, 3.63) is 47.0 Å². The van der Waals surface area contributed by atoms with E-state index in [4.69, 9.17) is 33.2 Å². The molecule has 2 saturated heterocycles. The standard InChI is InChI=1S/C32H36O12/c1-15-20-22(39-7)24(35)30(5)18(38-6)13-19-31(14-40-19,43-16(2)33)23(30)26(41-27(36)17-11-9-8-10-12-17)32(29(20,3)4)25(21(15)34)42-28(37)44-32/h8-12,18-19,22-23,25-26H,13-14H2,1-7H3/t18-,19+,22+,23-,25-,26-,30+,31-,32+/m0/s1. The Bertz CT molecular complexity index is 1480. The van der Waals surface area contributed by atoms with Crippen LogP contribution in [-0.4, -0.2) is 92.2 Å². The lowest BCUT2D eigenvalue weighted by atomic mass is 9.44. The topological polar surface area (TPSA) is 150 Å². The van der Waals surface area contributed by atoms with Crippen LogP contribution in [0.15, 0.2) is 41.5 Å². The van der Waals surface area contributed by atoms with E-state index in [2.05, 4.69) is 0 Å². The van der Waals surface area contributed by atoms with Crippen LogP contribution in [0.2, 0.25) is 0 Å². The van der Waals surface area contributed by atoms with Gasteiger partial charge in [-0.15, -0.1) is 0 Å². The predicted octanol–water partition coefficient (Wildman–Crippen LogP) is 2.75. The number of methoxy groups -OCH3 is 2. The van der Waals surface area contributed by atoms with Crippen LogP contribution in [0.4, 0.5) is 4.79 Å². The van der Waals surface area contributed by atoms with Gasteiger partial charge in [-0.2, -0.15) is 0 Å². The van der Waals surface area contributed by atoms with Crippen LogP contribution < -0.4 is 0 Å². The van der Waals surface area contributed by atoms with Gasteiger partial charge in [0, 0.05) is 33.0 Å². The number of carbonyl (C=O) groups is 5. The Kier molecular flexibility index (Phi) is 6.88. The normalized spacial score (nSPS) is 40.2. The van der Waals surface area contributed by atoms with Crippen molar-refractivity contribution in [1.82, 2.24) is 0 Å². The zero-order valence-electron chi connectivity index (χ0n) is 25.7. The third kappa shape index (κ3) is 3.64. The maximum atomic E-state index is 15.0. The van der Waals surface area contributed by atoms with Crippen LogP contribution in [0.1, 0.15) is 51.4 Å². The summed E-state index contributed by atoms with van der Waals surface area (Å²) in [6.07, 6.45) is -7.04. The van der Waals surface area contributed by atoms with Crippen LogP contribution >= 0.6 is 0 Å². The molecule has 4 fully saturated rings. The Hall–Kier alpha value is -3.61. The zero-order valence-corrected chi connectivity index (χ0v) is 25.7. The highest BCUT2D eigenvalue weighted by Gasteiger charge is 2.83. The molecular weight excluding hydrogens is 576 g/mol. The Labute approximate surface area is 254 Å². The molecule has 0 aromatic heterocycles. The van der Waals surface area contributed by atoms with Crippen molar-refractivity contribution in [2.75, 3.05) is 20.8 Å². The van der Waals surface area contributed by atoms with Gasteiger partial charge < -0.3 is 33.2 Å². The first-order valence-corrected chi connectivity index (χ1v) is 14.5. The number of ketones is 2. The molecule has 12 heteroatoms. The highest BCUT2D eigenvalue weighted by Crippen LogP contribution is 2.66. The van der Waals surface area contributed by atoms with Gasteiger partial charge in [0.2, 0.25) is 17.5 Å². The molecule has 44 heavy (non-hydrogen) atoms. The van der Waals surface area contributed by atoms with Gasteiger partial charge in [-0.25, -0.2) is 9.59 Å². The fourth-order valence-electron chi connectivity index (χ4n) is 8.72. The van der Waals surface area contributed by atoms with E-state index < -0.39 is 88.1 Å². The molecule has 9 atom stereocenters. The number of hydrogen-bond acceptors (Lipinski definition) is 12. The molecule has 12 nitrogen and oxygen atoms in total. The minimum Gasteiger partial charge on any atom is -0.454 e. The third-order valence-corrected chi connectivity index (χ3v) is 10.7. The van der Waals surface area contributed by atoms with Crippen molar-refractivity contribution in [2.45, 2.75) is 82.8 Å². The molecule has 2 aliphatic heterocycles. The smallest absolute Gasteiger partial charge is 0.454 e. The Morgan fingerprint density at radius 1 is 1.00 bits per heavy atom. The van der Waals surface area contributed by atoms with Crippen molar-refractivity contribution in [3.8, 4) is 0 Å². The highest BCUT2D eigenvalue weighted by atomic mass is 16.8. The SMILES string of the molecule is CO[C@H]1C(=O)[C@]2(C)[C@@H](OC)C[C@H]3OC[C@@]3(OC(C)=O)[C@H]2[C@H](OC(=O)c2ccccc2)[C@]23OC(=O)O[C@H]2C(=O)C(C)=C1C3(C)C. The van der Waals surface area contributed by atoms with E-state index >= 15 is 4.79 Å². The lowest BCUT2D eigenvalue weighted by Gasteiger charge is -2.67. The van der Waals surface area contributed by atoms with Gasteiger partial charge >= 0.3 is 18.1 Å². The second-order valence-electron chi connectivity index (χ2n) is 12.9. The third-order valence-electron chi connectivity index (χ3n) is 10.7. The number of fused-ring (bicyclic) bond motifs is 4. The summed E-state index contributed by atoms with van der Waals surface area (Å²) in [5.41, 5.74) is -5.93. The van der Waals surface area contributed by atoms with Crippen LogP contribution in [0.3, 0.4) is 0 Å². The fraction of sp³-hybridized carbons (Fsp3) is 0.594. The second kappa shape index (κ2) is 9.95. The fourth-order valence-corrected chi connectivity index (χ4v) is 8.72. The van der Waals surface area contributed by atoms with Gasteiger partial charge in [-0.1, -0.05) is 32.0 Å². The predicted molar refractivity (Wildman–Crippen MR) is 148 cm³/mol. The molecule has 0 amide bonds. The monoisotopic (exact) mass is 612 g/mol. The summed E-state index contributed by atoms with van der Waals surface area (Å²) in [4.78, 5) is 69.0. The van der Waals surface area contributed by atoms with Crippen LogP contribution in [0, 0.1) is 16.7 Å². The molecule has 0 N–H and O–H groups in total. The first kappa shape index (κ1) is 30.4. The highest BCUT2D eigenvalue weighted by molar-refractivity contribution is 6.06. The Balaban J connectivity index is 1.72. The van der Waals surface area contributed by atoms with Crippen molar-refractivity contribution in [2.24, 2.45) is 16.7 Å². The molecule has 1 aromatic rings. The summed E-state index contributed by atoms with van der Waals surface area (Å²) in [5, 5.41) is 0. The molecule has 0 unspecified atom stereocenters. The van der Waals surface area contributed by atoms with Crippen LogP contribution in [0.25, 0.3) is 0 Å². The average Bonchev–Trinajstić information content (AvgIpc) is 3.34. The van der Waals surface area contributed by atoms with Crippen LogP contribution in [-0.2, 0) is 47.5 Å². The number of Topliss-reactive ketones (excluding diaryl/α,β-unsaturated/α-hetero) is 2. The molecule has 5 aliphatic rings. The largest absolute Gasteiger partial charge is 0.510 e. The molecule has 1 spiro atoms. The van der Waals surface area contributed by atoms with E-state index in [0.29, 0.717) is 0 Å². The molecule has 6 rings (SSSR count). The maximum absolute atomic E-state index is 15.0. The summed E-state index contributed by atoms with van der Waals surface area (Å²) in [7, 11) is 2.80. The van der Waals surface area contributed by atoms with E-state index in [1.165, 1.54) is 21.1 Å². The number of rotatable bonds is 5. The zero-order chi connectivity index (χ0) is 32.0. The minimum absolute atomic E-state index is 0.149. The summed E-state index contributed by atoms with van der Waals surface area (Å²) in [6, 6.07) is 8.13. The molecule has 1 aromatic carbocycles. The van der Waals surface area contributed by atoms with Gasteiger partial charge in [-0.05, 0) is 37.1 Å². The summed E-state index contributed by atoms with van der Waals surface area (Å²) >= 11 is 0. The van der Waals surface area contributed by atoms with E-state index in [1.807, 2.05) is 0 Å². The van der Waals surface area contributed by atoms with Crippen molar-refractivity contribution in [3.63, 3.8) is 0 Å². The first-order valence-electron chi connectivity index (χ1n) is 14.5. The molecule has 0 radical (unpaired) electrons. The number of ether oxygens (including phenoxy) is 7. The lowest BCUT2D eigenvalue weighted by molar-refractivity contribution is -0.345. The number of carbonyl (C=O) groups excluding carboxylic acids is 5. The van der Waals surface area contributed by atoms with Crippen molar-refractivity contribution in [1.29, 1.82) is 0 Å². The number of hydrogen-bond donors (Lipinski definition) is 0. The van der Waals surface area contributed by atoms with Gasteiger partial charge in [-0.3, -0.25) is 14.4 Å². The van der Waals surface area contributed by atoms with E-state index in [1.54, 1.807) is 58.0 Å². The van der Waals surface area contributed by atoms with Gasteiger partial charge in [0.15, 0.2) is 17.5 Å². The molecule has 2 bridgehead atoms. The summed E-state index contributed by atoms with van der Waals surface area (Å²) in [5.74, 6) is -3.81.